The van der Waals surface area contributed by atoms with Gasteiger partial charge < -0.3 is 25.5 Å². The number of ether oxygens (including phenoxy) is 1. The summed E-state index contributed by atoms with van der Waals surface area (Å²) in [5.74, 6) is 0.968. The van der Waals surface area contributed by atoms with E-state index in [1.165, 1.54) is 25.7 Å². The molecule has 7 heteroatoms. The lowest BCUT2D eigenvalue weighted by atomic mass is 9.83. The number of primary amides is 1. The highest BCUT2D eigenvalue weighted by molar-refractivity contribution is 5.89. The summed E-state index contributed by atoms with van der Waals surface area (Å²) >= 11 is 0. The van der Waals surface area contributed by atoms with Gasteiger partial charge >= 0.3 is 0 Å². The monoisotopic (exact) mass is 350 g/mol. The van der Waals surface area contributed by atoms with Gasteiger partial charge in [-0.25, -0.2) is 0 Å². The Hall–Kier alpha value is -2.02. The Bertz CT molecular complexity index is 577. The Kier molecular flexibility index (Phi) is 7.31. The number of nitrogens with one attached hydrogen (secondary N) is 2. The molecule has 0 saturated heterocycles. The highest BCUT2D eigenvalue weighted by Gasteiger charge is 2.33. The van der Waals surface area contributed by atoms with E-state index in [1.54, 1.807) is 19.2 Å². The molecule has 1 heterocycles. The number of carbonyl (C=O) groups is 1. The fourth-order valence-electron chi connectivity index (χ4n) is 3.34. The summed E-state index contributed by atoms with van der Waals surface area (Å²) in [5.41, 5.74) is 5.48. The van der Waals surface area contributed by atoms with E-state index in [1.807, 2.05) is 6.92 Å². The smallest absolute Gasteiger partial charge is 0.284 e. The molecule has 1 aliphatic carbocycles. The SMILES string of the molecule is CCOCCC1(CNC(=NC)NCc2ccc(C(N)=O)o2)CCCC1. The van der Waals surface area contributed by atoms with Crippen LogP contribution in [-0.2, 0) is 11.3 Å². The van der Waals surface area contributed by atoms with Crippen molar-refractivity contribution >= 4 is 11.9 Å². The standard InChI is InChI=1S/C18H30N4O3/c1-3-24-11-10-18(8-4-5-9-18)13-22-17(20-2)21-12-14-6-7-15(25-14)16(19)23/h6-7H,3-5,8-13H2,1-2H3,(H2,19,23)(H2,20,21,22). The van der Waals surface area contributed by atoms with Gasteiger partial charge in [0, 0.05) is 26.8 Å². The van der Waals surface area contributed by atoms with Crippen molar-refractivity contribution in [1.29, 1.82) is 0 Å². The first-order chi connectivity index (χ1) is 12.1. The number of rotatable bonds is 9. The molecule has 1 saturated carbocycles. The minimum atomic E-state index is -0.564. The molecule has 0 aromatic carbocycles. The largest absolute Gasteiger partial charge is 0.454 e. The molecule has 0 aliphatic heterocycles. The van der Waals surface area contributed by atoms with Crippen LogP contribution in [0.5, 0.6) is 0 Å². The van der Waals surface area contributed by atoms with Gasteiger partial charge in [0.05, 0.1) is 6.54 Å². The van der Waals surface area contributed by atoms with E-state index in [2.05, 4.69) is 15.6 Å². The molecule has 0 spiro atoms. The molecule has 1 aromatic heterocycles. The average molecular weight is 350 g/mol. The lowest BCUT2D eigenvalue weighted by Crippen LogP contribution is -2.43. The Morgan fingerprint density at radius 2 is 2.12 bits per heavy atom. The number of guanidine groups is 1. The molecule has 1 aliphatic rings. The minimum absolute atomic E-state index is 0.167. The summed E-state index contributed by atoms with van der Waals surface area (Å²) < 4.78 is 10.9. The van der Waals surface area contributed by atoms with Crippen molar-refractivity contribution in [1.82, 2.24) is 10.6 Å². The number of nitrogens with zero attached hydrogens (tertiary/aromatic N) is 1. The number of carbonyl (C=O) groups excluding carboxylic acids is 1. The average Bonchev–Trinajstić information content (AvgIpc) is 3.25. The van der Waals surface area contributed by atoms with Crippen LogP contribution in [0.25, 0.3) is 0 Å². The number of hydrogen-bond donors (Lipinski definition) is 3. The third-order valence-corrected chi connectivity index (χ3v) is 4.83. The van der Waals surface area contributed by atoms with Crippen LogP contribution in [0.4, 0.5) is 0 Å². The van der Waals surface area contributed by atoms with Gasteiger partial charge in [0.25, 0.3) is 5.91 Å². The molecule has 0 unspecified atom stereocenters. The van der Waals surface area contributed by atoms with Crippen molar-refractivity contribution in [3.05, 3.63) is 23.7 Å². The Balaban J connectivity index is 1.82. The van der Waals surface area contributed by atoms with E-state index in [4.69, 9.17) is 14.9 Å². The maximum absolute atomic E-state index is 11.1. The van der Waals surface area contributed by atoms with Crippen LogP contribution >= 0.6 is 0 Å². The van der Waals surface area contributed by atoms with Crippen molar-refractivity contribution in [2.75, 3.05) is 26.8 Å². The highest BCUT2D eigenvalue weighted by atomic mass is 16.5. The van der Waals surface area contributed by atoms with E-state index < -0.39 is 5.91 Å². The van der Waals surface area contributed by atoms with E-state index in [-0.39, 0.29) is 11.2 Å². The molecule has 7 nitrogen and oxygen atoms in total. The number of furan rings is 1. The van der Waals surface area contributed by atoms with E-state index in [9.17, 15) is 4.79 Å². The fourth-order valence-corrected chi connectivity index (χ4v) is 3.34. The maximum Gasteiger partial charge on any atom is 0.284 e. The van der Waals surface area contributed by atoms with Crippen LogP contribution in [0.1, 0.15) is 55.3 Å². The molecule has 1 amide bonds. The van der Waals surface area contributed by atoms with Crippen LogP contribution in [0.2, 0.25) is 0 Å². The minimum Gasteiger partial charge on any atom is -0.454 e. The van der Waals surface area contributed by atoms with Gasteiger partial charge in [-0.15, -0.1) is 0 Å². The summed E-state index contributed by atoms with van der Waals surface area (Å²) in [5, 5.41) is 6.64. The zero-order chi connectivity index (χ0) is 18.1. The van der Waals surface area contributed by atoms with Crippen LogP contribution in [0.15, 0.2) is 21.5 Å². The zero-order valence-electron chi connectivity index (χ0n) is 15.3. The second-order valence-corrected chi connectivity index (χ2v) is 6.56. The molecule has 25 heavy (non-hydrogen) atoms. The van der Waals surface area contributed by atoms with E-state index in [0.29, 0.717) is 12.3 Å². The second-order valence-electron chi connectivity index (χ2n) is 6.56. The quantitative estimate of drug-likeness (QED) is 0.359. The van der Waals surface area contributed by atoms with Crippen molar-refractivity contribution in [3.63, 3.8) is 0 Å². The summed E-state index contributed by atoms with van der Waals surface area (Å²) in [6, 6.07) is 3.32. The first-order valence-electron chi connectivity index (χ1n) is 8.99. The van der Waals surface area contributed by atoms with Gasteiger partial charge in [-0.1, -0.05) is 12.8 Å². The predicted molar refractivity (Wildman–Crippen MR) is 97.4 cm³/mol. The van der Waals surface area contributed by atoms with Crippen LogP contribution in [0, 0.1) is 5.41 Å². The Morgan fingerprint density at radius 1 is 1.36 bits per heavy atom. The number of nitrogens with two attached hydrogens (primary N) is 1. The normalized spacial score (nSPS) is 16.8. The van der Waals surface area contributed by atoms with Gasteiger partial charge in [0.2, 0.25) is 0 Å². The Morgan fingerprint density at radius 3 is 2.72 bits per heavy atom. The molecular weight excluding hydrogens is 320 g/mol. The van der Waals surface area contributed by atoms with Gasteiger partial charge in [0.1, 0.15) is 5.76 Å². The first kappa shape index (κ1) is 19.3. The molecule has 1 aromatic rings. The van der Waals surface area contributed by atoms with Gasteiger partial charge in [-0.3, -0.25) is 9.79 Å². The summed E-state index contributed by atoms with van der Waals surface area (Å²) in [4.78, 5) is 15.3. The number of amides is 1. The molecule has 4 N–H and O–H groups in total. The van der Waals surface area contributed by atoms with Crippen molar-refractivity contribution < 1.29 is 13.9 Å². The molecule has 0 bridgehead atoms. The van der Waals surface area contributed by atoms with E-state index >= 15 is 0 Å². The van der Waals surface area contributed by atoms with Gasteiger partial charge in [0.15, 0.2) is 11.7 Å². The fraction of sp³-hybridized carbons (Fsp3) is 0.667. The van der Waals surface area contributed by atoms with Gasteiger partial charge in [-0.05, 0) is 43.7 Å². The topological polar surface area (TPSA) is 102 Å². The van der Waals surface area contributed by atoms with Crippen molar-refractivity contribution in [2.45, 2.75) is 45.6 Å². The molecule has 140 valence electrons. The number of aliphatic imine (C=N–C) groups is 1. The van der Waals surface area contributed by atoms with Crippen molar-refractivity contribution in [3.8, 4) is 0 Å². The predicted octanol–water partition coefficient (Wildman–Crippen LogP) is 2.03. The maximum atomic E-state index is 11.1. The van der Waals surface area contributed by atoms with Crippen LogP contribution in [-0.4, -0.2) is 38.7 Å². The van der Waals surface area contributed by atoms with E-state index in [0.717, 1.165) is 32.1 Å². The zero-order valence-corrected chi connectivity index (χ0v) is 15.3. The summed E-state index contributed by atoms with van der Waals surface area (Å²) in [7, 11) is 1.74. The third kappa shape index (κ3) is 5.77. The van der Waals surface area contributed by atoms with Gasteiger partial charge in [-0.2, -0.15) is 0 Å². The summed E-state index contributed by atoms with van der Waals surface area (Å²) in [6.45, 7) is 4.93. The highest BCUT2D eigenvalue weighted by Crippen LogP contribution is 2.40. The first-order valence-corrected chi connectivity index (χ1v) is 8.99. The van der Waals surface area contributed by atoms with Crippen molar-refractivity contribution in [2.24, 2.45) is 16.1 Å². The molecule has 2 rings (SSSR count). The van der Waals surface area contributed by atoms with Crippen LogP contribution in [0.3, 0.4) is 0 Å². The molecular formula is C18H30N4O3. The third-order valence-electron chi connectivity index (χ3n) is 4.83. The molecule has 0 atom stereocenters. The lowest BCUT2D eigenvalue weighted by molar-refractivity contribution is 0.0972. The second kappa shape index (κ2) is 9.46. The Labute approximate surface area is 149 Å². The van der Waals surface area contributed by atoms with Crippen LogP contribution < -0.4 is 16.4 Å². The molecule has 0 radical (unpaired) electrons. The molecule has 1 fully saturated rings. The summed E-state index contributed by atoms with van der Waals surface area (Å²) in [6.07, 6.45) is 6.09. The number of hydrogen-bond acceptors (Lipinski definition) is 4. The lowest BCUT2D eigenvalue weighted by Gasteiger charge is -2.30.